The van der Waals surface area contributed by atoms with Crippen molar-refractivity contribution in [3.8, 4) is 5.75 Å². The fourth-order valence-corrected chi connectivity index (χ4v) is 1.67. The molecule has 16 heavy (non-hydrogen) atoms. The number of aromatic nitrogens is 1. The second-order valence-corrected chi connectivity index (χ2v) is 3.95. The Labute approximate surface area is 98.8 Å². The molecule has 0 saturated heterocycles. The summed E-state index contributed by atoms with van der Waals surface area (Å²) in [5, 5.41) is 1.01. The lowest BCUT2D eigenvalue weighted by atomic mass is 10.1. The molecular formula is C13H18N2O. The normalized spacial score (nSPS) is 14.0. The zero-order valence-corrected chi connectivity index (χ0v) is 9.87. The van der Waals surface area contributed by atoms with E-state index < -0.39 is 6.50 Å². The van der Waals surface area contributed by atoms with Crippen molar-refractivity contribution in [1.29, 1.82) is 0 Å². The Morgan fingerprint density at radius 3 is 2.94 bits per heavy atom. The van der Waals surface area contributed by atoms with E-state index in [0.29, 0.717) is 6.42 Å². The predicted octanol–water partition coefficient (Wildman–Crippen LogP) is 2.28. The summed E-state index contributed by atoms with van der Waals surface area (Å²) in [6.07, 6.45) is 2.21. The van der Waals surface area contributed by atoms with Gasteiger partial charge in [0.05, 0.1) is 7.11 Å². The van der Waals surface area contributed by atoms with E-state index in [-0.39, 0.29) is 0 Å². The first kappa shape index (κ1) is 8.65. The molecule has 1 N–H and O–H groups in total. The molecule has 1 aromatic carbocycles. The number of rotatable bonds is 4. The van der Waals surface area contributed by atoms with Gasteiger partial charge in [-0.15, -0.1) is 0 Å². The van der Waals surface area contributed by atoms with Gasteiger partial charge >= 0.3 is 0 Å². The van der Waals surface area contributed by atoms with Gasteiger partial charge in [-0.3, -0.25) is 0 Å². The Bertz CT molecular complexity index is 549. The highest BCUT2D eigenvalue weighted by Crippen LogP contribution is 2.23. The number of hydrogen-bond acceptors (Lipinski definition) is 2. The van der Waals surface area contributed by atoms with E-state index in [1.54, 1.807) is 26.1 Å². The molecule has 2 rings (SSSR count). The maximum absolute atomic E-state index is 7.98. The summed E-state index contributed by atoms with van der Waals surface area (Å²) in [5.41, 5.74) is 1.96. The van der Waals surface area contributed by atoms with Crippen LogP contribution in [-0.4, -0.2) is 37.6 Å². The van der Waals surface area contributed by atoms with Gasteiger partial charge in [0, 0.05) is 26.3 Å². The van der Waals surface area contributed by atoms with Crippen LogP contribution in [0.2, 0.25) is 0 Å². The smallest absolute Gasteiger partial charge is 0.119 e. The van der Waals surface area contributed by atoms with Crippen LogP contribution in [0.25, 0.3) is 10.9 Å². The number of aromatic amines is 1. The van der Waals surface area contributed by atoms with Crippen molar-refractivity contribution in [2.45, 2.75) is 6.42 Å². The zero-order valence-electron chi connectivity index (χ0n) is 11.9. The molecule has 0 bridgehead atoms. The molecule has 0 saturated carbocycles. The Morgan fingerprint density at radius 2 is 2.25 bits per heavy atom. The third-order valence-electron chi connectivity index (χ3n) is 2.56. The number of hydrogen-bond donors (Lipinski definition) is 1. The lowest BCUT2D eigenvalue weighted by Gasteiger charge is -2.08. The van der Waals surface area contributed by atoms with Crippen LogP contribution in [-0.2, 0) is 6.42 Å². The minimum atomic E-state index is -1.36. The van der Waals surface area contributed by atoms with Crippen molar-refractivity contribution < 1.29 is 7.48 Å². The Morgan fingerprint density at radius 1 is 1.44 bits per heavy atom. The van der Waals surface area contributed by atoms with Crippen LogP contribution in [0, 0.1) is 0 Å². The van der Waals surface area contributed by atoms with Crippen LogP contribution in [0.3, 0.4) is 0 Å². The summed E-state index contributed by atoms with van der Waals surface area (Å²) < 4.78 is 21.2. The SMILES string of the molecule is [2H]C([2H])(Cc1c[nH]c2ccc(OC)cc12)N(C)C. The summed E-state index contributed by atoms with van der Waals surface area (Å²) in [4.78, 5) is 4.75. The van der Waals surface area contributed by atoms with E-state index in [1.807, 2.05) is 24.4 Å². The molecule has 0 aliphatic rings. The van der Waals surface area contributed by atoms with E-state index in [0.717, 1.165) is 22.2 Å². The van der Waals surface area contributed by atoms with Crippen molar-refractivity contribution in [1.82, 2.24) is 9.88 Å². The topological polar surface area (TPSA) is 28.3 Å². The number of likely N-dealkylation sites (N-methyl/N-ethyl adjacent to an activating group) is 1. The van der Waals surface area contributed by atoms with Gasteiger partial charge in [0.2, 0.25) is 0 Å². The maximum atomic E-state index is 7.98. The van der Waals surface area contributed by atoms with Crippen molar-refractivity contribution in [2.24, 2.45) is 0 Å². The highest BCUT2D eigenvalue weighted by molar-refractivity contribution is 5.84. The van der Waals surface area contributed by atoms with E-state index >= 15 is 0 Å². The number of aryl methyl sites for hydroxylation is 1. The molecule has 2 aromatic rings. The largest absolute Gasteiger partial charge is 0.497 e. The number of nitrogens with one attached hydrogen (secondary N) is 1. The van der Waals surface area contributed by atoms with Crippen molar-refractivity contribution >= 4 is 10.9 Å². The van der Waals surface area contributed by atoms with Gasteiger partial charge in [-0.2, -0.15) is 0 Å². The van der Waals surface area contributed by atoms with Crippen LogP contribution < -0.4 is 4.74 Å². The summed E-state index contributed by atoms with van der Waals surface area (Å²) in [5.74, 6) is 0.786. The molecular weight excluding hydrogens is 200 g/mol. The average Bonchev–Trinajstić information content (AvgIpc) is 2.71. The molecule has 3 heteroatoms. The molecule has 0 atom stereocenters. The quantitative estimate of drug-likeness (QED) is 0.856. The molecule has 0 unspecified atom stereocenters. The van der Waals surface area contributed by atoms with Gasteiger partial charge in [-0.25, -0.2) is 0 Å². The van der Waals surface area contributed by atoms with Gasteiger partial charge in [-0.05, 0) is 44.3 Å². The van der Waals surface area contributed by atoms with Crippen LogP contribution >= 0.6 is 0 Å². The van der Waals surface area contributed by atoms with Gasteiger partial charge in [0.25, 0.3) is 0 Å². The van der Waals surface area contributed by atoms with E-state index in [1.165, 1.54) is 0 Å². The molecule has 1 aromatic heterocycles. The second-order valence-electron chi connectivity index (χ2n) is 3.95. The lowest BCUT2D eigenvalue weighted by molar-refractivity contribution is 0.413. The standard InChI is InChI=1S/C13H18N2O/c1-15(2)7-6-10-9-14-13-5-4-11(16-3)8-12(10)13/h4-5,8-9,14H,6-7H2,1-3H3/i7D2. The van der Waals surface area contributed by atoms with Crippen LogP contribution in [0.1, 0.15) is 8.30 Å². The summed E-state index contributed by atoms with van der Waals surface area (Å²) in [6, 6.07) is 5.78. The molecule has 0 fully saturated rings. The van der Waals surface area contributed by atoms with Gasteiger partial charge in [0.1, 0.15) is 5.75 Å². The van der Waals surface area contributed by atoms with Gasteiger partial charge in [-0.1, -0.05) is 0 Å². The van der Waals surface area contributed by atoms with Crippen molar-refractivity contribution in [3.63, 3.8) is 0 Å². The Hall–Kier alpha value is -1.48. The molecule has 0 spiro atoms. The van der Waals surface area contributed by atoms with Gasteiger partial charge < -0.3 is 14.6 Å². The number of ether oxygens (including phenoxy) is 1. The number of nitrogens with zero attached hydrogens (tertiary/aromatic N) is 1. The maximum Gasteiger partial charge on any atom is 0.119 e. The zero-order chi connectivity index (χ0) is 13.3. The van der Waals surface area contributed by atoms with Crippen LogP contribution in [0.4, 0.5) is 0 Å². The fourth-order valence-electron chi connectivity index (χ4n) is 1.67. The highest BCUT2D eigenvalue weighted by atomic mass is 16.5. The minimum absolute atomic E-state index is 0.340. The first-order valence-electron chi connectivity index (χ1n) is 6.25. The molecule has 0 radical (unpaired) electrons. The monoisotopic (exact) mass is 220 g/mol. The van der Waals surface area contributed by atoms with Gasteiger partial charge in [0.15, 0.2) is 0 Å². The summed E-state index contributed by atoms with van der Waals surface area (Å²) >= 11 is 0. The number of H-pyrrole nitrogens is 1. The molecule has 0 aliphatic carbocycles. The summed E-state index contributed by atoms with van der Waals surface area (Å²) in [6.45, 7) is -1.36. The Balaban J connectivity index is 2.39. The van der Waals surface area contributed by atoms with Crippen molar-refractivity contribution in [3.05, 3.63) is 30.0 Å². The van der Waals surface area contributed by atoms with Crippen molar-refractivity contribution in [2.75, 3.05) is 27.7 Å². The molecule has 86 valence electrons. The highest BCUT2D eigenvalue weighted by Gasteiger charge is 2.05. The Kier molecular flexibility index (Phi) is 2.47. The third kappa shape index (κ3) is 2.19. The van der Waals surface area contributed by atoms with Crippen LogP contribution in [0.5, 0.6) is 5.75 Å². The first-order chi connectivity index (χ1) is 8.44. The fraction of sp³-hybridized carbons (Fsp3) is 0.385. The van der Waals surface area contributed by atoms with E-state index in [4.69, 9.17) is 7.48 Å². The summed E-state index contributed by atoms with van der Waals surface area (Å²) in [7, 11) is 5.12. The minimum Gasteiger partial charge on any atom is -0.497 e. The average molecular weight is 220 g/mol. The molecule has 3 nitrogen and oxygen atoms in total. The molecule has 1 heterocycles. The van der Waals surface area contributed by atoms with E-state index in [2.05, 4.69) is 4.98 Å². The third-order valence-corrected chi connectivity index (χ3v) is 2.56. The lowest BCUT2D eigenvalue weighted by Crippen LogP contribution is -2.14. The second kappa shape index (κ2) is 4.58. The molecule has 0 amide bonds. The predicted molar refractivity (Wildman–Crippen MR) is 67.1 cm³/mol. The number of benzene rings is 1. The van der Waals surface area contributed by atoms with Crippen LogP contribution in [0.15, 0.2) is 24.4 Å². The molecule has 0 aliphatic heterocycles. The number of methoxy groups -OCH3 is 1. The first-order valence-corrected chi connectivity index (χ1v) is 5.25. The van der Waals surface area contributed by atoms with E-state index in [9.17, 15) is 0 Å². The number of fused-ring (bicyclic) bond motifs is 1.